The zero-order chi connectivity index (χ0) is 12.4. The number of aryl methyl sites for hydroxylation is 2. The van der Waals surface area contributed by atoms with Gasteiger partial charge in [0, 0.05) is 11.4 Å². The van der Waals surface area contributed by atoms with Gasteiger partial charge in [0.25, 0.3) is 5.91 Å². The maximum atomic E-state index is 11.9. The molecule has 0 spiro atoms. The van der Waals surface area contributed by atoms with Crippen LogP contribution in [0, 0.1) is 13.8 Å². The largest absolute Gasteiger partial charge is 0.408 e. The maximum Gasteiger partial charge on any atom is 0.322 e. The second-order valence-electron chi connectivity index (χ2n) is 3.56. The molecule has 0 atom stereocenters. The Balaban J connectivity index is 2.22. The molecular weight excluding hydrogens is 286 g/mol. The number of amides is 1. The summed E-state index contributed by atoms with van der Waals surface area (Å²) in [6.07, 6.45) is 0. The molecule has 2 aromatic rings. The number of carbonyl (C=O) groups excluding carboxylic acids is 1. The van der Waals surface area contributed by atoms with Crippen LogP contribution in [0.25, 0.3) is 0 Å². The second kappa shape index (κ2) is 4.67. The van der Waals surface area contributed by atoms with Crippen molar-refractivity contribution < 1.29 is 9.21 Å². The van der Waals surface area contributed by atoms with Crippen LogP contribution in [0.1, 0.15) is 21.8 Å². The fraction of sp³-hybridized carbons (Fsp3) is 0.182. The standard InChI is InChI=1S/C11H10BrN3O2/c1-6-3-4-9(12)8(5-6)10(16)13-11-15-14-7(2)17-11/h3-5H,1-2H3,(H,13,15,16). The predicted molar refractivity (Wildman–Crippen MR) is 65.9 cm³/mol. The molecule has 0 aliphatic heterocycles. The number of aromatic nitrogens is 2. The van der Waals surface area contributed by atoms with Crippen LogP contribution < -0.4 is 5.32 Å². The van der Waals surface area contributed by atoms with Gasteiger partial charge in [0.05, 0.1) is 5.56 Å². The lowest BCUT2D eigenvalue weighted by molar-refractivity contribution is 0.102. The van der Waals surface area contributed by atoms with Crippen LogP contribution in [0.4, 0.5) is 6.01 Å². The quantitative estimate of drug-likeness (QED) is 0.925. The van der Waals surface area contributed by atoms with Gasteiger partial charge in [-0.25, -0.2) is 0 Å². The molecule has 17 heavy (non-hydrogen) atoms. The van der Waals surface area contributed by atoms with E-state index < -0.39 is 0 Å². The summed E-state index contributed by atoms with van der Waals surface area (Å²) in [5, 5.41) is 9.87. The highest BCUT2D eigenvalue weighted by Gasteiger charge is 2.13. The smallest absolute Gasteiger partial charge is 0.322 e. The van der Waals surface area contributed by atoms with Gasteiger partial charge in [-0.15, -0.1) is 5.10 Å². The normalized spacial score (nSPS) is 10.3. The van der Waals surface area contributed by atoms with Crippen LogP contribution in [0.3, 0.4) is 0 Å². The SMILES string of the molecule is Cc1ccc(Br)c(C(=O)Nc2nnc(C)o2)c1. The van der Waals surface area contributed by atoms with Crippen LogP contribution in [-0.4, -0.2) is 16.1 Å². The minimum atomic E-state index is -0.288. The number of rotatable bonds is 2. The average Bonchev–Trinajstić information content (AvgIpc) is 2.67. The molecular formula is C11H10BrN3O2. The van der Waals surface area contributed by atoms with E-state index in [1.165, 1.54) is 0 Å². The Morgan fingerprint density at radius 2 is 2.12 bits per heavy atom. The molecule has 0 aliphatic carbocycles. The lowest BCUT2D eigenvalue weighted by Gasteiger charge is -2.04. The van der Waals surface area contributed by atoms with E-state index in [4.69, 9.17) is 4.42 Å². The number of hydrogen-bond acceptors (Lipinski definition) is 4. The summed E-state index contributed by atoms with van der Waals surface area (Å²) in [5.74, 6) is 0.118. The summed E-state index contributed by atoms with van der Waals surface area (Å²) in [5.41, 5.74) is 1.53. The van der Waals surface area contributed by atoms with Gasteiger partial charge in [0.2, 0.25) is 5.89 Å². The highest BCUT2D eigenvalue weighted by Crippen LogP contribution is 2.19. The van der Waals surface area contributed by atoms with Gasteiger partial charge in [-0.05, 0) is 35.0 Å². The molecule has 0 bridgehead atoms. The zero-order valence-corrected chi connectivity index (χ0v) is 10.9. The van der Waals surface area contributed by atoms with E-state index >= 15 is 0 Å². The van der Waals surface area contributed by atoms with E-state index in [1.807, 2.05) is 19.1 Å². The van der Waals surface area contributed by atoms with Crippen molar-refractivity contribution >= 4 is 27.9 Å². The predicted octanol–water partition coefficient (Wildman–Crippen LogP) is 2.70. The van der Waals surface area contributed by atoms with Crippen LogP contribution in [-0.2, 0) is 0 Å². The molecule has 5 nitrogen and oxygen atoms in total. The molecule has 6 heteroatoms. The number of nitrogens with one attached hydrogen (secondary N) is 1. The van der Waals surface area contributed by atoms with Crippen LogP contribution in [0.5, 0.6) is 0 Å². The minimum absolute atomic E-state index is 0.0981. The molecule has 1 aromatic carbocycles. The van der Waals surface area contributed by atoms with Crippen molar-refractivity contribution in [3.63, 3.8) is 0 Å². The number of hydrogen-bond donors (Lipinski definition) is 1. The molecule has 1 heterocycles. The third kappa shape index (κ3) is 2.71. The molecule has 0 aliphatic rings. The highest BCUT2D eigenvalue weighted by atomic mass is 79.9. The molecule has 0 fully saturated rings. The fourth-order valence-corrected chi connectivity index (χ4v) is 1.75. The molecule has 0 radical (unpaired) electrons. The Kier molecular flexibility index (Phi) is 3.23. The maximum absolute atomic E-state index is 11.9. The number of anilines is 1. The van der Waals surface area contributed by atoms with Crippen LogP contribution >= 0.6 is 15.9 Å². The molecule has 1 aromatic heterocycles. The van der Waals surface area contributed by atoms with Crippen molar-refractivity contribution in [3.8, 4) is 0 Å². The van der Waals surface area contributed by atoms with Crippen molar-refractivity contribution in [1.82, 2.24) is 10.2 Å². The summed E-state index contributed by atoms with van der Waals surface area (Å²) >= 11 is 3.32. The summed E-state index contributed by atoms with van der Waals surface area (Å²) < 4.78 is 5.80. The molecule has 0 unspecified atom stereocenters. The molecule has 1 N–H and O–H groups in total. The number of halogens is 1. The Labute approximate surface area is 106 Å². The first-order valence-electron chi connectivity index (χ1n) is 4.94. The van der Waals surface area contributed by atoms with Crippen LogP contribution in [0.2, 0.25) is 0 Å². The Hall–Kier alpha value is -1.69. The van der Waals surface area contributed by atoms with Gasteiger partial charge in [-0.3, -0.25) is 10.1 Å². The summed E-state index contributed by atoms with van der Waals surface area (Å²) in [7, 11) is 0. The van der Waals surface area contributed by atoms with Crippen molar-refractivity contribution in [3.05, 3.63) is 39.7 Å². The zero-order valence-electron chi connectivity index (χ0n) is 9.32. The van der Waals surface area contributed by atoms with E-state index in [1.54, 1.807) is 13.0 Å². The van der Waals surface area contributed by atoms with E-state index in [0.717, 1.165) is 10.0 Å². The van der Waals surface area contributed by atoms with Crippen LogP contribution in [0.15, 0.2) is 27.1 Å². The first kappa shape index (κ1) is 11.8. The second-order valence-corrected chi connectivity index (χ2v) is 4.42. The fourth-order valence-electron chi connectivity index (χ4n) is 1.32. The summed E-state index contributed by atoms with van der Waals surface area (Å²) in [6, 6.07) is 5.62. The Morgan fingerprint density at radius 3 is 2.76 bits per heavy atom. The molecule has 88 valence electrons. The van der Waals surface area contributed by atoms with Gasteiger partial charge in [-0.1, -0.05) is 16.7 Å². The van der Waals surface area contributed by atoms with Gasteiger partial charge in [0.15, 0.2) is 0 Å². The lowest BCUT2D eigenvalue weighted by atomic mass is 10.1. The number of nitrogens with zero attached hydrogens (tertiary/aromatic N) is 2. The van der Waals surface area contributed by atoms with Crippen molar-refractivity contribution in [2.45, 2.75) is 13.8 Å². The van der Waals surface area contributed by atoms with Gasteiger partial charge < -0.3 is 4.42 Å². The first-order chi connectivity index (χ1) is 8.06. The molecule has 0 saturated carbocycles. The topological polar surface area (TPSA) is 68.0 Å². The van der Waals surface area contributed by atoms with E-state index in [2.05, 4.69) is 31.4 Å². The van der Waals surface area contributed by atoms with Crippen molar-refractivity contribution in [1.29, 1.82) is 0 Å². The molecule has 2 rings (SSSR count). The Morgan fingerprint density at radius 1 is 1.35 bits per heavy atom. The van der Waals surface area contributed by atoms with Gasteiger partial charge >= 0.3 is 6.01 Å². The Bertz CT molecular complexity index is 566. The monoisotopic (exact) mass is 295 g/mol. The highest BCUT2D eigenvalue weighted by molar-refractivity contribution is 9.10. The summed E-state index contributed by atoms with van der Waals surface area (Å²) in [4.78, 5) is 11.9. The van der Waals surface area contributed by atoms with E-state index in [0.29, 0.717) is 11.5 Å². The van der Waals surface area contributed by atoms with Crippen molar-refractivity contribution in [2.75, 3.05) is 5.32 Å². The third-order valence-electron chi connectivity index (χ3n) is 2.11. The van der Waals surface area contributed by atoms with Gasteiger partial charge in [-0.2, -0.15) is 0 Å². The first-order valence-corrected chi connectivity index (χ1v) is 5.73. The molecule has 0 saturated heterocycles. The number of carbonyl (C=O) groups is 1. The lowest BCUT2D eigenvalue weighted by Crippen LogP contribution is -2.13. The van der Waals surface area contributed by atoms with Crippen molar-refractivity contribution in [2.24, 2.45) is 0 Å². The number of benzene rings is 1. The van der Waals surface area contributed by atoms with E-state index in [-0.39, 0.29) is 11.9 Å². The minimum Gasteiger partial charge on any atom is -0.408 e. The molecule has 1 amide bonds. The average molecular weight is 296 g/mol. The van der Waals surface area contributed by atoms with Gasteiger partial charge in [0.1, 0.15) is 0 Å². The summed E-state index contributed by atoms with van der Waals surface area (Å²) in [6.45, 7) is 3.57. The third-order valence-corrected chi connectivity index (χ3v) is 2.80. The van der Waals surface area contributed by atoms with E-state index in [9.17, 15) is 4.79 Å².